The molecule has 0 aliphatic heterocycles. The van der Waals surface area contributed by atoms with Crippen molar-refractivity contribution >= 4 is 11.4 Å². The Kier molecular flexibility index (Phi) is 2.82. The monoisotopic (exact) mass is 190 g/mol. The topological polar surface area (TPSA) is 47.5 Å². The van der Waals surface area contributed by atoms with Gasteiger partial charge in [0.25, 0.3) is 5.69 Å². The summed E-state index contributed by atoms with van der Waals surface area (Å²) in [5.41, 5.74) is 0.926. The van der Waals surface area contributed by atoms with Crippen LogP contribution in [0.25, 0.3) is 4.85 Å². The molecule has 0 radical (unpaired) electrons. The van der Waals surface area contributed by atoms with Crippen molar-refractivity contribution in [3.05, 3.63) is 45.3 Å². The van der Waals surface area contributed by atoms with Crippen molar-refractivity contribution in [3.63, 3.8) is 0 Å². The maximum absolute atomic E-state index is 10.7. The van der Waals surface area contributed by atoms with Crippen LogP contribution in [0.2, 0.25) is 0 Å². The van der Waals surface area contributed by atoms with Gasteiger partial charge in [0.15, 0.2) is 5.69 Å². The minimum atomic E-state index is -0.440. The molecule has 0 saturated heterocycles. The molecule has 0 spiro atoms. The largest absolute Gasteiger partial charge is 0.262 e. The molecule has 0 amide bonds. The molecule has 0 saturated carbocycles. The number of nitrogens with zero attached hydrogens (tertiary/aromatic N) is 2. The fourth-order valence-corrected chi connectivity index (χ4v) is 1.39. The summed E-state index contributed by atoms with van der Waals surface area (Å²) in [5.74, 6) is -0.0132. The second-order valence-corrected chi connectivity index (χ2v) is 3.23. The van der Waals surface area contributed by atoms with E-state index in [9.17, 15) is 10.1 Å². The van der Waals surface area contributed by atoms with Crippen LogP contribution >= 0.6 is 0 Å². The standard InChI is InChI=1S/C10H10N2O2/c1-7(2)10-8(11-3)5-4-6-9(10)12(13)14/h4-7H,1-2H3. The fourth-order valence-electron chi connectivity index (χ4n) is 1.39. The van der Waals surface area contributed by atoms with Crippen molar-refractivity contribution < 1.29 is 4.92 Å². The molecule has 14 heavy (non-hydrogen) atoms. The maximum Gasteiger partial charge on any atom is 0.262 e. The van der Waals surface area contributed by atoms with Crippen LogP contribution in [-0.4, -0.2) is 4.92 Å². The number of nitro benzene ring substituents is 1. The molecule has 0 N–H and O–H groups in total. The Morgan fingerprint density at radius 3 is 2.57 bits per heavy atom. The highest BCUT2D eigenvalue weighted by Gasteiger charge is 2.19. The molecule has 4 nitrogen and oxygen atoms in total. The van der Waals surface area contributed by atoms with E-state index in [-0.39, 0.29) is 11.6 Å². The Balaban J connectivity index is 3.45. The Morgan fingerprint density at radius 1 is 1.50 bits per heavy atom. The summed E-state index contributed by atoms with van der Waals surface area (Å²) in [6, 6.07) is 4.58. The van der Waals surface area contributed by atoms with Crippen molar-refractivity contribution in [2.24, 2.45) is 0 Å². The lowest BCUT2D eigenvalue weighted by Gasteiger charge is -2.07. The molecule has 0 bridgehead atoms. The van der Waals surface area contributed by atoms with Crippen LogP contribution in [0.1, 0.15) is 25.3 Å². The van der Waals surface area contributed by atoms with Crippen molar-refractivity contribution in [2.75, 3.05) is 0 Å². The van der Waals surface area contributed by atoms with E-state index in [1.165, 1.54) is 12.1 Å². The first-order valence-corrected chi connectivity index (χ1v) is 4.22. The summed E-state index contributed by atoms with van der Waals surface area (Å²) in [4.78, 5) is 13.5. The van der Waals surface area contributed by atoms with Gasteiger partial charge < -0.3 is 0 Å². The Morgan fingerprint density at radius 2 is 2.14 bits per heavy atom. The second kappa shape index (κ2) is 3.88. The van der Waals surface area contributed by atoms with Gasteiger partial charge in [-0.25, -0.2) is 4.85 Å². The van der Waals surface area contributed by atoms with Gasteiger partial charge in [-0.1, -0.05) is 26.0 Å². The molecule has 1 aromatic rings. The molecule has 0 fully saturated rings. The summed E-state index contributed by atoms with van der Waals surface area (Å²) in [5, 5.41) is 10.7. The second-order valence-electron chi connectivity index (χ2n) is 3.23. The van der Waals surface area contributed by atoms with E-state index in [0.29, 0.717) is 11.3 Å². The number of hydrogen-bond acceptors (Lipinski definition) is 2. The highest BCUT2D eigenvalue weighted by molar-refractivity contribution is 5.62. The minimum Gasteiger partial charge on any atom is -0.258 e. The zero-order chi connectivity index (χ0) is 10.7. The molecule has 1 aromatic carbocycles. The van der Waals surface area contributed by atoms with Crippen LogP contribution in [0, 0.1) is 16.7 Å². The quantitative estimate of drug-likeness (QED) is 0.408. The third-order valence-corrected chi connectivity index (χ3v) is 1.95. The Hall–Kier alpha value is -1.89. The van der Waals surface area contributed by atoms with Crippen molar-refractivity contribution in [3.8, 4) is 0 Å². The van der Waals surface area contributed by atoms with Crippen molar-refractivity contribution in [1.29, 1.82) is 0 Å². The zero-order valence-corrected chi connectivity index (χ0v) is 8.02. The lowest BCUT2D eigenvalue weighted by molar-refractivity contribution is -0.385. The molecule has 72 valence electrons. The van der Waals surface area contributed by atoms with Gasteiger partial charge in [0.05, 0.1) is 11.5 Å². The van der Waals surface area contributed by atoms with Gasteiger partial charge in [-0.05, 0) is 5.92 Å². The zero-order valence-electron chi connectivity index (χ0n) is 8.02. The Bertz CT molecular complexity index is 405. The molecular formula is C10H10N2O2. The van der Waals surface area contributed by atoms with Gasteiger partial charge in [-0.3, -0.25) is 10.1 Å². The third-order valence-electron chi connectivity index (χ3n) is 1.95. The lowest BCUT2D eigenvalue weighted by Crippen LogP contribution is -1.97. The molecule has 0 unspecified atom stereocenters. The number of nitro groups is 1. The molecule has 0 aliphatic rings. The summed E-state index contributed by atoms with van der Waals surface area (Å²) in [7, 11) is 0. The summed E-state index contributed by atoms with van der Waals surface area (Å²) in [6.45, 7) is 10.6. The Labute approximate surface area is 82.1 Å². The van der Waals surface area contributed by atoms with Crippen LogP contribution < -0.4 is 0 Å². The third kappa shape index (κ3) is 1.72. The number of benzene rings is 1. The van der Waals surface area contributed by atoms with E-state index in [2.05, 4.69) is 4.85 Å². The molecule has 4 heteroatoms. The average Bonchev–Trinajstić information content (AvgIpc) is 2.16. The van der Waals surface area contributed by atoms with Crippen LogP contribution in [0.4, 0.5) is 11.4 Å². The van der Waals surface area contributed by atoms with Crippen LogP contribution in [0.3, 0.4) is 0 Å². The van der Waals surface area contributed by atoms with E-state index < -0.39 is 4.92 Å². The molecule has 0 heterocycles. The lowest BCUT2D eigenvalue weighted by atomic mass is 9.99. The summed E-state index contributed by atoms with van der Waals surface area (Å²) < 4.78 is 0. The van der Waals surface area contributed by atoms with Crippen molar-refractivity contribution in [2.45, 2.75) is 19.8 Å². The molecule has 0 atom stereocenters. The predicted molar refractivity (Wildman–Crippen MR) is 53.4 cm³/mol. The van der Waals surface area contributed by atoms with Crippen LogP contribution in [-0.2, 0) is 0 Å². The average molecular weight is 190 g/mol. The van der Waals surface area contributed by atoms with Gasteiger partial charge in [0.2, 0.25) is 0 Å². The van der Waals surface area contributed by atoms with Crippen LogP contribution in [0.5, 0.6) is 0 Å². The SMILES string of the molecule is [C-]#[N+]c1cccc([N+](=O)[O-])c1C(C)C. The fraction of sp³-hybridized carbons (Fsp3) is 0.300. The van der Waals surface area contributed by atoms with Gasteiger partial charge >= 0.3 is 0 Å². The van der Waals surface area contributed by atoms with Gasteiger partial charge in [-0.15, -0.1) is 0 Å². The predicted octanol–water partition coefficient (Wildman–Crippen LogP) is 3.27. The maximum atomic E-state index is 10.7. The smallest absolute Gasteiger partial charge is 0.258 e. The van der Waals surface area contributed by atoms with E-state index in [4.69, 9.17) is 6.57 Å². The number of rotatable bonds is 2. The van der Waals surface area contributed by atoms with E-state index in [1.807, 2.05) is 13.8 Å². The van der Waals surface area contributed by atoms with Gasteiger partial charge in [0, 0.05) is 11.6 Å². The van der Waals surface area contributed by atoms with Gasteiger partial charge in [-0.2, -0.15) is 0 Å². The van der Waals surface area contributed by atoms with E-state index in [1.54, 1.807) is 6.07 Å². The van der Waals surface area contributed by atoms with Gasteiger partial charge in [0.1, 0.15) is 0 Å². The molecule has 1 rings (SSSR count). The molecule has 0 aliphatic carbocycles. The highest BCUT2D eigenvalue weighted by Crippen LogP contribution is 2.34. The summed E-state index contributed by atoms with van der Waals surface area (Å²) >= 11 is 0. The van der Waals surface area contributed by atoms with Crippen LogP contribution in [0.15, 0.2) is 18.2 Å². The highest BCUT2D eigenvalue weighted by atomic mass is 16.6. The van der Waals surface area contributed by atoms with Crippen molar-refractivity contribution in [1.82, 2.24) is 0 Å². The normalized spacial score (nSPS) is 9.86. The molecule has 0 aromatic heterocycles. The minimum absolute atomic E-state index is 0.0132. The van der Waals surface area contributed by atoms with E-state index in [0.717, 1.165) is 0 Å². The first-order chi connectivity index (χ1) is 6.57. The first-order valence-electron chi connectivity index (χ1n) is 4.22. The number of hydrogen-bond donors (Lipinski definition) is 0. The van der Waals surface area contributed by atoms with E-state index >= 15 is 0 Å². The summed E-state index contributed by atoms with van der Waals surface area (Å²) in [6.07, 6.45) is 0. The molecular weight excluding hydrogens is 180 g/mol. The first kappa shape index (κ1) is 10.2.